The Morgan fingerprint density at radius 3 is 2.47 bits per heavy atom. The minimum Gasteiger partial charge on any atom is -0.330 e. The maximum atomic E-state index is 11.5. The van der Waals surface area contributed by atoms with E-state index in [1.165, 1.54) is 32.1 Å². The molecule has 1 rings (SSSR count). The number of nitrogens with two attached hydrogens (primary N) is 1. The van der Waals surface area contributed by atoms with Crippen LogP contribution in [-0.2, 0) is 10.0 Å². The minimum absolute atomic E-state index is 0.163. The topological polar surface area (TPSA) is 72.2 Å². The van der Waals surface area contributed by atoms with Gasteiger partial charge in [0.2, 0.25) is 10.0 Å². The maximum Gasteiger partial charge on any atom is 0.211 e. The Bertz CT molecular complexity index is 259. The quantitative estimate of drug-likeness (QED) is 0.715. The molecule has 0 atom stereocenters. The van der Waals surface area contributed by atoms with Crippen molar-refractivity contribution < 1.29 is 8.42 Å². The lowest BCUT2D eigenvalue weighted by Gasteiger charge is -2.21. The van der Waals surface area contributed by atoms with Crippen LogP contribution in [0.15, 0.2) is 0 Å². The first kappa shape index (κ1) is 12.9. The smallest absolute Gasteiger partial charge is 0.211 e. The highest BCUT2D eigenvalue weighted by Crippen LogP contribution is 2.22. The normalized spacial score (nSPS) is 19.3. The Hall–Kier alpha value is -0.130. The zero-order valence-electron chi connectivity index (χ0n) is 9.24. The molecule has 0 unspecified atom stereocenters. The lowest BCUT2D eigenvalue weighted by molar-refractivity contribution is 0.357. The molecule has 0 spiro atoms. The Morgan fingerprint density at radius 2 is 1.87 bits per heavy atom. The third-order valence-corrected chi connectivity index (χ3v) is 4.37. The number of sulfonamides is 1. The molecule has 0 aromatic carbocycles. The van der Waals surface area contributed by atoms with Crippen LogP contribution in [0.2, 0.25) is 0 Å². The zero-order chi connectivity index (χ0) is 11.1. The maximum absolute atomic E-state index is 11.5. The third-order valence-electron chi connectivity index (χ3n) is 2.93. The van der Waals surface area contributed by atoms with Crippen LogP contribution in [0.25, 0.3) is 0 Å². The van der Waals surface area contributed by atoms with Crippen molar-refractivity contribution in [1.29, 1.82) is 0 Å². The Morgan fingerprint density at radius 1 is 1.20 bits per heavy atom. The molecule has 0 aromatic rings. The van der Waals surface area contributed by atoms with Gasteiger partial charge in [-0.15, -0.1) is 0 Å². The predicted molar refractivity (Wildman–Crippen MR) is 62.0 cm³/mol. The average molecular weight is 234 g/mol. The number of hydrogen-bond donors (Lipinski definition) is 2. The van der Waals surface area contributed by atoms with Gasteiger partial charge < -0.3 is 5.73 Å². The van der Waals surface area contributed by atoms with Crippen molar-refractivity contribution in [3.8, 4) is 0 Å². The molecule has 15 heavy (non-hydrogen) atoms. The molecule has 0 aliphatic heterocycles. The minimum atomic E-state index is -3.07. The lowest BCUT2D eigenvalue weighted by Crippen LogP contribution is -2.32. The molecule has 4 nitrogen and oxygen atoms in total. The fourth-order valence-electron chi connectivity index (χ4n) is 1.98. The molecule has 0 bridgehead atoms. The van der Waals surface area contributed by atoms with Gasteiger partial charge in [-0.2, -0.15) is 0 Å². The largest absolute Gasteiger partial charge is 0.330 e. The second-order valence-corrected chi connectivity index (χ2v) is 6.24. The summed E-state index contributed by atoms with van der Waals surface area (Å²) in [6.07, 6.45) is 6.67. The van der Waals surface area contributed by atoms with Gasteiger partial charge in [0, 0.05) is 6.54 Å². The van der Waals surface area contributed by atoms with E-state index >= 15 is 0 Å². The molecule has 0 radical (unpaired) electrons. The van der Waals surface area contributed by atoms with Crippen LogP contribution in [0.3, 0.4) is 0 Å². The van der Waals surface area contributed by atoms with Gasteiger partial charge in [0.05, 0.1) is 5.75 Å². The Kier molecular flexibility index (Phi) is 5.56. The molecule has 0 heterocycles. The van der Waals surface area contributed by atoms with Gasteiger partial charge in [-0.25, -0.2) is 13.1 Å². The monoisotopic (exact) mass is 234 g/mol. The van der Waals surface area contributed by atoms with Gasteiger partial charge in [-0.3, -0.25) is 0 Å². The summed E-state index contributed by atoms with van der Waals surface area (Å²) < 4.78 is 25.6. The summed E-state index contributed by atoms with van der Waals surface area (Å²) >= 11 is 0. The Balaban J connectivity index is 2.22. The number of hydrogen-bond acceptors (Lipinski definition) is 3. The fraction of sp³-hybridized carbons (Fsp3) is 1.00. The van der Waals surface area contributed by atoms with Crippen molar-refractivity contribution >= 4 is 10.0 Å². The highest BCUT2D eigenvalue weighted by Gasteiger charge is 2.16. The average Bonchev–Trinajstić information content (AvgIpc) is 2.25. The van der Waals surface area contributed by atoms with Crippen LogP contribution in [0.1, 0.15) is 38.5 Å². The standard InChI is InChI=1S/C10H22N2O2S/c11-7-4-8-15(13,14)12-9-10-5-2-1-3-6-10/h10,12H,1-9,11H2. The Labute approximate surface area is 92.7 Å². The zero-order valence-corrected chi connectivity index (χ0v) is 10.1. The summed E-state index contributed by atoms with van der Waals surface area (Å²) in [7, 11) is -3.07. The van der Waals surface area contributed by atoms with E-state index in [2.05, 4.69) is 4.72 Å². The van der Waals surface area contributed by atoms with E-state index < -0.39 is 10.0 Å². The van der Waals surface area contributed by atoms with Crippen LogP contribution in [0, 0.1) is 5.92 Å². The van der Waals surface area contributed by atoms with E-state index in [1.54, 1.807) is 0 Å². The summed E-state index contributed by atoms with van der Waals surface area (Å²) in [5, 5.41) is 0. The molecule has 0 aromatic heterocycles. The van der Waals surface area contributed by atoms with Crippen LogP contribution < -0.4 is 10.5 Å². The predicted octanol–water partition coefficient (Wildman–Crippen LogP) is 0.835. The summed E-state index contributed by atoms with van der Waals surface area (Å²) in [6.45, 7) is 1.05. The first-order chi connectivity index (χ1) is 7.14. The van der Waals surface area contributed by atoms with E-state index in [0.717, 1.165) is 0 Å². The summed E-state index contributed by atoms with van der Waals surface area (Å²) in [5.74, 6) is 0.711. The fourth-order valence-corrected chi connectivity index (χ4v) is 3.16. The van der Waals surface area contributed by atoms with Gasteiger partial charge in [0.15, 0.2) is 0 Å². The summed E-state index contributed by atoms with van der Waals surface area (Å²) in [6, 6.07) is 0. The van der Waals surface area contributed by atoms with Gasteiger partial charge in [-0.1, -0.05) is 19.3 Å². The number of nitrogens with one attached hydrogen (secondary N) is 1. The molecular weight excluding hydrogens is 212 g/mol. The molecule has 1 saturated carbocycles. The van der Waals surface area contributed by atoms with E-state index in [9.17, 15) is 8.42 Å². The molecule has 3 N–H and O–H groups in total. The van der Waals surface area contributed by atoms with Gasteiger partial charge in [-0.05, 0) is 31.7 Å². The third kappa shape index (κ3) is 5.49. The lowest BCUT2D eigenvalue weighted by atomic mass is 9.90. The molecule has 0 saturated heterocycles. The summed E-state index contributed by atoms with van der Waals surface area (Å²) in [5.41, 5.74) is 5.28. The van der Waals surface area contributed by atoms with Crippen LogP contribution in [0.4, 0.5) is 0 Å². The van der Waals surface area contributed by atoms with Crippen LogP contribution in [0.5, 0.6) is 0 Å². The highest BCUT2D eigenvalue weighted by atomic mass is 32.2. The molecule has 0 amide bonds. The van der Waals surface area contributed by atoms with Crippen LogP contribution >= 0.6 is 0 Å². The molecule has 1 fully saturated rings. The summed E-state index contributed by atoms with van der Waals surface area (Å²) in [4.78, 5) is 0. The van der Waals surface area contributed by atoms with Gasteiger partial charge in [0.25, 0.3) is 0 Å². The second kappa shape index (κ2) is 6.45. The SMILES string of the molecule is NCCCS(=O)(=O)NCC1CCCCC1. The number of rotatable bonds is 6. The molecule has 5 heteroatoms. The first-order valence-corrected chi connectivity index (χ1v) is 7.46. The van der Waals surface area contributed by atoms with E-state index in [4.69, 9.17) is 5.73 Å². The van der Waals surface area contributed by atoms with E-state index in [-0.39, 0.29) is 5.75 Å². The van der Waals surface area contributed by atoms with Gasteiger partial charge in [0.1, 0.15) is 0 Å². The van der Waals surface area contributed by atoms with Crippen LogP contribution in [-0.4, -0.2) is 27.3 Å². The molecule has 1 aliphatic carbocycles. The first-order valence-electron chi connectivity index (χ1n) is 5.81. The highest BCUT2D eigenvalue weighted by molar-refractivity contribution is 7.89. The second-order valence-electron chi connectivity index (χ2n) is 4.31. The van der Waals surface area contributed by atoms with E-state index in [1.807, 2.05) is 0 Å². The molecule has 1 aliphatic rings. The van der Waals surface area contributed by atoms with Gasteiger partial charge >= 0.3 is 0 Å². The van der Waals surface area contributed by atoms with Crippen molar-refractivity contribution in [3.63, 3.8) is 0 Å². The van der Waals surface area contributed by atoms with E-state index in [0.29, 0.717) is 25.4 Å². The van der Waals surface area contributed by atoms with Crippen molar-refractivity contribution in [3.05, 3.63) is 0 Å². The van der Waals surface area contributed by atoms with Crippen molar-refractivity contribution in [2.24, 2.45) is 11.7 Å². The van der Waals surface area contributed by atoms with Crippen molar-refractivity contribution in [1.82, 2.24) is 4.72 Å². The molecular formula is C10H22N2O2S. The molecule has 90 valence electrons. The van der Waals surface area contributed by atoms with Crippen molar-refractivity contribution in [2.75, 3.05) is 18.8 Å². The van der Waals surface area contributed by atoms with Crippen molar-refractivity contribution in [2.45, 2.75) is 38.5 Å².